The van der Waals surface area contributed by atoms with Crippen molar-refractivity contribution in [2.75, 3.05) is 0 Å². The van der Waals surface area contributed by atoms with E-state index in [1.807, 2.05) is 13.8 Å². The molecule has 1 aliphatic rings. The van der Waals surface area contributed by atoms with E-state index in [2.05, 4.69) is 15.9 Å². The van der Waals surface area contributed by atoms with Gasteiger partial charge in [0.05, 0.1) is 6.42 Å². The van der Waals surface area contributed by atoms with Crippen molar-refractivity contribution in [1.29, 1.82) is 0 Å². The zero-order valence-corrected chi connectivity index (χ0v) is 11.5. The van der Waals surface area contributed by atoms with Crippen molar-refractivity contribution in [3.63, 3.8) is 0 Å². The second kappa shape index (κ2) is 4.02. The molecule has 0 atom stereocenters. The molecule has 0 aliphatic heterocycles. The van der Waals surface area contributed by atoms with Crippen molar-refractivity contribution < 1.29 is 15.0 Å². The van der Waals surface area contributed by atoms with Crippen LogP contribution in [0, 0.1) is 13.8 Å². The second-order valence-electron chi connectivity index (χ2n) is 4.88. The molecule has 3 nitrogen and oxygen atoms in total. The van der Waals surface area contributed by atoms with Gasteiger partial charge in [-0.25, -0.2) is 0 Å². The van der Waals surface area contributed by atoms with Gasteiger partial charge in [-0.1, -0.05) is 15.9 Å². The number of carboxylic acid groups (broad SMARTS) is 1. The Morgan fingerprint density at radius 3 is 2.53 bits per heavy atom. The molecule has 92 valence electrons. The van der Waals surface area contributed by atoms with E-state index in [0.29, 0.717) is 0 Å². The van der Waals surface area contributed by atoms with Crippen LogP contribution >= 0.6 is 15.9 Å². The van der Waals surface area contributed by atoms with Gasteiger partial charge in [0.2, 0.25) is 0 Å². The van der Waals surface area contributed by atoms with Crippen molar-refractivity contribution in [2.24, 2.45) is 0 Å². The Hall–Kier alpha value is -1.03. The minimum absolute atomic E-state index is 0.0941. The van der Waals surface area contributed by atoms with Gasteiger partial charge < -0.3 is 10.2 Å². The molecule has 4 heteroatoms. The molecule has 0 heterocycles. The molecule has 17 heavy (non-hydrogen) atoms. The smallest absolute Gasteiger partial charge is 0.304 e. The SMILES string of the molecule is Cc1cc(O)c(C2(CC(=O)O)CC2)c(C)c1Br. The van der Waals surface area contributed by atoms with E-state index in [0.717, 1.165) is 34.0 Å². The average molecular weight is 299 g/mol. The molecular weight excluding hydrogens is 284 g/mol. The first-order valence-corrected chi connectivity index (χ1v) is 6.37. The van der Waals surface area contributed by atoms with Gasteiger partial charge in [0.15, 0.2) is 0 Å². The maximum absolute atomic E-state index is 10.9. The number of hydrogen-bond donors (Lipinski definition) is 2. The molecule has 1 saturated carbocycles. The number of halogens is 1. The Balaban J connectivity index is 2.53. The van der Waals surface area contributed by atoms with Crippen molar-refractivity contribution in [3.05, 3.63) is 27.2 Å². The maximum Gasteiger partial charge on any atom is 0.304 e. The van der Waals surface area contributed by atoms with Gasteiger partial charge in [0.1, 0.15) is 5.75 Å². The first-order valence-electron chi connectivity index (χ1n) is 5.58. The number of aryl methyl sites for hydroxylation is 1. The summed E-state index contributed by atoms with van der Waals surface area (Å²) in [5.41, 5.74) is 2.38. The Bertz CT molecular complexity index is 490. The van der Waals surface area contributed by atoms with Crippen LogP contribution < -0.4 is 0 Å². The normalized spacial score (nSPS) is 16.9. The average Bonchev–Trinajstić information content (AvgIpc) is 2.94. The van der Waals surface area contributed by atoms with Crippen LogP contribution in [0.4, 0.5) is 0 Å². The summed E-state index contributed by atoms with van der Waals surface area (Å²) in [4.78, 5) is 10.9. The van der Waals surface area contributed by atoms with Gasteiger partial charge >= 0.3 is 5.97 Å². The predicted molar refractivity (Wildman–Crippen MR) is 68.4 cm³/mol. The zero-order chi connectivity index (χ0) is 12.8. The Morgan fingerprint density at radius 2 is 2.06 bits per heavy atom. The molecule has 2 rings (SSSR count). The molecule has 0 bridgehead atoms. The van der Waals surface area contributed by atoms with Crippen LogP contribution in [0.5, 0.6) is 5.75 Å². The third-order valence-corrected chi connectivity index (χ3v) is 4.75. The van der Waals surface area contributed by atoms with Crippen molar-refractivity contribution in [2.45, 2.75) is 38.5 Å². The van der Waals surface area contributed by atoms with Gasteiger partial charge in [-0.05, 0) is 43.9 Å². The van der Waals surface area contributed by atoms with Crippen LogP contribution in [-0.2, 0) is 10.2 Å². The van der Waals surface area contributed by atoms with E-state index in [9.17, 15) is 9.90 Å². The van der Waals surface area contributed by atoms with E-state index in [1.54, 1.807) is 6.07 Å². The molecule has 1 fully saturated rings. The highest BCUT2D eigenvalue weighted by Crippen LogP contribution is 2.55. The minimum atomic E-state index is -0.807. The molecule has 0 radical (unpaired) electrons. The van der Waals surface area contributed by atoms with Gasteiger partial charge in [-0.15, -0.1) is 0 Å². The Morgan fingerprint density at radius 1 is 1.47 bits per heavy atom. The standard InChI is InChI=1S/C13H15BrO3/c1-7-5-9(15)11(8(2)12(7)14)13(3-4-13)6-10(16)17/h5,15H,3-4,6H2,1-2H3,(H,16,17). The van der Waals surface area contributed by atoms with Gasteiger partial charge in [-0.3, -0.25) is 4.79 Å². The zero-order valence-electron chi connectivity index (χ0n) is 9.88. The molecular formula is C13H15BrO3. The first-order chi connectivity index (χ1) is 7.87. The third kappa shape index (κ3) is 2.06. The van der Waals surface area contributed by atoms with Crippen LogP contribution in [-0.4, -0.2) is 16.2 Å². The Kier molecular flexibility index (Phi) is 2.94. The number of carbonyl (C=O) groups is 1. The van der Waals surface area contributed by atoms with Crippen molar-refractivity contribution in [3.8, 4) is 5.75 Å². The molecule has 1 aromatic carbocycles. The number of aliphatic carboxylic acids is 1. The van der Waals surface area contributed by atoms with Gasteiger partial charge in [0, 0.05) is 15.5 Å². The fourth-order valence-electron chi connectivity index (χ4n) is 2.56. The van der Waals surface area contributed by atoms with E-state index in [1.165, 1.54) is 0 Å². The lowest BCUT2D eigenvalue weighted by Gasteiger charge is -2.20. The largest absolute Gasteiger partial charge is 0.508 e. The summed E-state index contributed by atoms with van der Waals surface area (Å²) in [6.45, 7) is 3.84. The summed E-state index contributed by atoms with van der Waals surface area (Å²) in [5, 5.41) is 19.0. The second-order valence-corrected chi connectivity index (χ2v) is 5.67. The molecule has 0 aromatic heterocycles. The molecule has 0 spiro atoms. The highest BCUT2D eigenvalue weighted by atomic mass is 79.9. The number of phenolic OH excluding ortho intramolecular Hbond substituents is 1. The molecule has 2 N–H and O–H groups in total. The topological polar surface area (TPSA) is 57.5 Å². The summed E-state index contributed by atoms with van der Waals surface area (Å²) < 4.78 is 0.960. The number of aromatic hydroxyl groups is 1. The van der Waals surface area contributed by atoms with Gasteiger partial charge in [-0.2, -0.15) is 0 Å². The summed E-state index contributed by atoms with van der Waals surface area (Å²) in [7, 11) is 0. The summed E-state index contributed by atoms with van der Waals surface area (Å²) in [6.07, 6.45) is 1.77. The van der Waals surface area contributed by atoms with Crippen LogP contribution in [0.15, 0.2) is 10.5 Å². The lowest BCUT2D eigenvalue weighted by Crippen LogP contribution is -2.15. The van der Waals surface area contributed by atoms with E-state index in [4.69, 9.17) is 5.11 Å². The maximum atomic E-state index is 10.9. The van der Waals surface area contributed by atoms with Crippen molar-refractivity contribution in [1.82, 2.24) is 0 Å². The third-order valence-electron chi connectivity index (χ3n) is 3.53. The number of benzene rings is 1. The quantitative estimate of drug-likeness (QED) is 0.900. The van der Waals surface area contributed by atoms with Crippen LogP contribution in [0.3, 0.4) is 0 Å². The predicted octanol–water partition coefficient (Wildman–Crippen LogP) is 3.28. The van der Waals surface area contributed by atoms with Gasteiger partial charge in [0.25, 0.3) is 0 Å². The van der Waals surface area contributed by atoms with Crippen LogP contribution in [0.2, 0.25) is 0 Å². The molecule has 0 unspecified atom stereocenters. The number of carboxylic acids is 1. The summed E-state index contributed by atoms with van der Waals surface area (Å²) in [5.74, 6) is -0.583. The molecule has 1 aliphatic carbocycles. The highest BCUT2D eigenvalue weighted by molar-refractivity contribution is 9.10. The van der Waals surface area contributed by atoms with Crippen LogP contribution in [0.25, 0.3) is 0 Å². The lowest BCUT2D eigenvalue weighted by atomic mass is 9.87. The number of phenols is 1. The molecule has 0 amide bonds. The van der Waals surface area contributed by atoms with E-state index >= 15 is 0 Å². The number of rotatable bonds is 3. The molecule has 1 aromatic rings. The molecule has 0 saturated heterocycles. The van der Waals surface area contributed by atoms with E-state index < -0.39 is 5.97 Å². The fourth-order valence-corrected chi connectivity index (χ4v) is 2.88. The monoisotopic (exact) mass is 298 g/mol. The fraction of sp³-hybridized carbons (Fsp3) is 0.462. The van der Waals surface area contributed by atoms with E-state index in [-0.39, 0.29) is 17.6 Å². The summed E-state index contributed by atoms with van der Waals surface area (Å²) >= 11 is 3.49. The Labute approximate surface area is 109 Å². The summed E-state index contributed by atoms with van der Waals surface area (Å²) in [6, 6.07) is 1.70. The highest BCUT2D eigenvalue weighted by Gasteiger charge is 2.48. The lowest BCUT2D eigenvalue weighted by molar-refractivity contribution is -0.137. The van der Waals surface area contributed by atoms with Crippen molar-refractivity contribution >= 4 is 21.9 Å². The first kappa shape index (κ1) is 12.4. The minimum Gasteiger partial charge on any atom is -0.508 e. The number of hydrogen-bond acceptors (Lipinski definition) is 2. The van der Waals surface area contributed by atoms with Crippen LogP contribution in [0.1, 0.15) is 36.0 Å².